The summed E-state index contributed by atoms with van der Waals surface area (Å²) in [7, 11) is 0. The van der Waals surface area contributed by atoms with Gasteiger partial charge in [-0.15, -0.1) is 0 Å². The van der Waals surface area contributed by atoms with Crippen molar-refractivity contribution in [2.45, 2.75) is 32.4 Å². The monoisotopic (exact) mass is 375 g/mol. The van der Waals surface area contributed by atoms with Crippen LogP contribution in [0.4, 0.5) is 5.82 Å². The summed E-state index contributed by atoms with van der Waals surface area (Å²) in [6.45, 7) is 2.08. The molecule has 1 aromatic heterocycles. The zero-order chi connectivity index (χ0) is 20.0. The largest absolute Gasteiger partial charge is 0.383 e. The van der Waals surface area contributed by atoms with Crippen LogP contribution in [0.1, 0.15) is 39.9 Å². The molecule has 4 rings (SSSR count). The van der Waals surface area contributed by atoms with Crippen LogP contribution in [-0.2, 0) is 16.1 Å². The van der Waals surface area contributed by atoms with E-state index in [-0.39, 0.29) is 24.1 Å². The van der Waals surface area contributed by atoms with Crippen LogP contribution in [0.2, 0.25) is 0 Å². The van der Waals surface area contributed by atoms with E-state index < -0.39 is 11.9 Å². The molecule has 140 valence electrons. The number of rotatable bonds is 2. The molecule has 3 heterocycles. The number of aryl methyl sites for hydroxylation is 1. The highest BCUT2D eigenvalue weighted by Crippen LogP contribution is 2.31. The molecular formula is C20H17N5O3. The number of hydrogen-bond donors (Lipinski definition) is 2. The average molecular weight is 375 g/mol. The number of nitrogens with one attached hydrogen (secondary N) is 1. The van der Waals surface area contributed by atoms with Gasteiger partial charge in [0.2, 0.25) is 11.8 Å². The Bertz CT molecular complexity index is 1060. The molecule has 0 bridgehead atoms. The first-order valence-electron chi connectivity index (χ1n) is 8.84. The molecule has 0 radical (unpaired) electrons. The van der Waals surface area contributed by atoms with Crippen molar-refractivity contribution in [2.75, 3.05) is 5.73 Å². The summed E-state index contributed by atoms with van der Waals surface area (Å²) < 4.78 is 0. The summed E-state index contributed by atoms with van der Waals surface area (Å²) >= 11 is 0. The number of carbonyl (C=O) groups is 3. The predicted octanol–water partition coefficient (Wildman–Crippen LogP) is 1.27. The molecule has 0 saturated carbocycles. The van der Waals surface area contributed by atoms with Gasteiger partial charge in [-0.1, -0.05) is 6.07 Å². The summed E-state index contributed by atoms with van der Waals surface area (Å²) in [4.78, 5) is 42.1. The van der Waals surface area contributed by atoms with E-state index in [4.69, 9.17) is 11.0 Å². The molecule has 0 aliphatic carbocycles. The minimum absolute atomic E-state index is 0.166. The van der Waals surface area contributed by atoms with Gasteiger partial charge < -0.3 is 10.6 Å². The number of nitrogen functional groups attached to an aromatic ring is 1. The Morgan fingerprint density at radius 3 is 2.75 bits per heavy atom. The molecule has 1 aromatic carbocycles. The van der Waals surface area contributed by atoms with Gasteiger partial charge in [-0.3, -0.25) is 19.7 Å². The highest BCUT2D eigenvalue weighted by Gasteiger charge is 2.39. The van der Waals surface area contributed by atoms with E-state index in [9.17, 15) is 14.4 Å². The number of benzene rings is 1. The molecule has 0 spiro atoms. The molecule has 1 atom stereocenters. The molecule has 2 aromatic rings. The van der Waals surface area contributed by atoms with E-state index in [0.717, 1.165) is 16.7 Å². The third kappa shape index (κ3) is 2.77. The minimum Gasteiger partial charge on any atom is -0.383 e. The van der Waals surface area contributed by atoms with Crippen LogP contribution in [0, 0.1) is 18.3 Å². The molecule has 1 unspecified atom stereocenters. The van der Waals surface area contributed by atoms with Crippen molar-refractivity contribution in [1.29, 1.82) is 5.26 Å². The number of aromatic nitrogens is 1. The number of fused-ring (bicyclic) bond motifs is 1. The normalized spacial score (nSPS) is 18.6. The molecule has 3 N–H and O–H groups in total. The predicted molar refractivity (Wildman–Crippen MR) is 99.6 cm³/mol. The van der Waals surface area contributed by atoms with Crippen molar-refractivity contribution >= 4 is 23.5 Å². The van der Waals surface area contributed by atoms with Crippen molar-refractivity contribution in [1.82, 2.24) is 15.2 Å². The molecular weight excluding hydrogens is 358 g/mol. The van der Waals surface area contributed by atoms with Crippen LogP contribution in [0.15, 0.2) is 24.3 Å². The van der Waals surface area contributed by atoms with Crippen LogP contribution in [0.5, 0.6) is 0 Å². The number of hydrogen-bond acceptors (Lipinski definition) is 6. The highest BCUT2D eigenvalue weighted by atomic mass is 16.2. The fourth-order valence-corrected chi connectivity index (χ4v) is 3.72. The van der Waals surface area contributed by atoms with Gasteiger partial charge in [0.1, 0.15) is 17.9 Å². The summed E-state index contributed by atoms with van der Waals surface area (Å²) in [5.74, 6) is -0.805. The van der Waals surface area contributed by atoms with E-state index in [0.29, 0.717) is 29.8 Å². The highest BCUT2D eigenvalue weighted by molar-refractivity contribution is 6.05. The van der Waals surface area contributed by atoms with Crippen LogP contribution < -0.4 is 11.1 Å². The molecule has 2 aliphatic rings. The first-order valence-corrected chi connectivity index (χ1v) is 8.84. The van der Waals surface area contributed by atoms with Crippen molar-refractivity contribution < 1.29 is 14.4 Å². The Kier molecular flexibility index (Phi) is 4.08. The minimum atomic E-state index is -0.646. The average Bonchev–Trinajstić information content (AvgIpc) is 2.97. The molecule has 8 heteroatoms. The van der Waals surface area contributed by atoms with Gasteiger partial charge in [0, 0.05) is 24.1 Å². The van der Waals surface area contributed by atoms with E-state index in [2.05, 4.69) is 10.3 Å². The van der Waals surface area contributed by atoms with Gasteiger partial charge in [0.15, 0.2) is 0 Å². The zero-order valence-corrected chi connectivity index (χ0v) is 15.2. The van der Waals surface area contributed by atoms with E-state index in [1.54, 1.807) is 25.1 Å². The second kappa shape index (κ2) is 6.46. The number of nitrogens with two attached hydrogens (primary N) is 1. The number of pyridine rings is 1. The number of carbonyl (C=O) groups excluding carboxylic acids is 3. The Morgan fingerprint density at radius 2 is 2.07 bits per heavy atom. The number of nitrogens with zero attached hydrogens (tertiary/aromatic N) is 3. The topological polar surface area (TPSA) is 129 Å². The quantitative estimate of drug-likeness (QED) is 0.761. The molecule has 28 heavy (non-hydrogen) atoms. The third-order valence-electron chi connectivity index (χ3n) is 5.18. The maximum Gasteiger partial charge on any atom is 0.255 e. The number of imide groups is 1. The lowest BCUT2D eigenvalue weighted by Crippen LogP contribution is -2.52. The van der Waals surface area contributed by atoms with Crippen LogP contribution in [0.25, 0.3) is 11.3 Å². The maximum atomic E-state index is 12.8. The van der Waals surface area contributed by atoms with Crippen LogP contribution >= 0.6 is 0 Å². The van der Waals surface area contributed by atoms with Gasteiger partial charge in [0.05, 0.1) is 11.3 Å². The third-order valence-corrected chi connectivity index (χ3v) is 5.18. The van der Waals surface area contributed by atoms with E-state index in [1.807, 2.05) is 12.1 Å². The molecule has 1 fully saturated rings. The Balaban J connectivity index is 1.66. The Morgan fingerprint density at radius 1 is 1.29 bits per heavy atom. The molecule has 1 saturated heterocycles. The number of piperidine rings is 1. The maximum absolute atomic E-state index is 12.8. The molecule has 3 amide bonds. The first kappa shape index (κ1) is 17.7. The number of nitriles is 1. The van der Waals surface area contributed by atoms with Crippen LogP contribution in [0.3, 0.4) is 0 Å². The molecule has 2 aliphatic heterocycles. The smallest absolute Gasteiger partial charge is 0.255 e. The second-order valence-corrected chi connectivity index (χ2v) is 6.97. The van der Waals surface area contributed by atoms with Gasteiger partial charge in [-0.2, -0.15) is 5.26 Å². The summed E-state index contributed by atoms with van der Waals surface area (Å²) in [6.07, 6.45) is 0.541. The fraction of sp³-hybridized carbons (Fsp3) is 0.250. The Hall–Kier alpha value is -3.73. The van der Waals surface area contributed by atoms with Crippen LogP contribution in [-0.4, -0.2) is 33.6 Å². The van der Waals surface area contributed by atoms with Crippen molar-refractivity contribution in [3.8, 4) is 17.3 Å². The lowest BCUT2D eigenvalue weighted by Gasteiger charge is -2.29. The SMILES string of the molecule is Cc1cc(-c2ccc3c(c2)CN(C2CCC(=O)NC2=O)C3=O)nc(N)c1C#N. The first-order chi connectivity index (χ1) is 13.4. The standard InChI is InChI=1S/C20H17N5O3/c1-10-6-15(23-18(22)14(10)8-21)11-2-3-13-12(7-11)9-25(20(13)28)16-4-5-17(26)24-19(16)27/h2-3,6-7,16H,4-5,9H2,1H3,(H2,22,23)(H,24,26,27). The number of anilines is 1. The van der Waals surface area contributed by atoms with E-state index in [1.165, 1.54) is 4.90 Å². The fourth-order valence-electron chi connectivity index (χ4n) is 3.72. The lowest BCUT2D eigenvalue weighted by molar-refractivity contribution is -0.136. The number of amides is 3. The van der Waals surface area contributed by atoms with Gasteiger partial charge in [-0.25, -0.2) is 4.98 Å². The second-order valence-electron chi connectivity index (χ2n) is 6.97. The summed E-state index contributed by atoms with van der Waals surface area (Å²) in [5, 5.41) is 11.4. The van der Waals surface area contributed by atoms with Crippen molar-refractivity contribution in [3.63, 3.8) is 0 Å². The van der Waals surface area contributed by atoms with Crippen molar-refractivity contribution in [2.24, 2.45) is 0 Å². The summed E-state index contributed by atoms with van der Waals surface area (Å²) in [6, 6.07) is 8.52. The Labute approximate surface area is 161 Å². The summed E-state index contributed by atoms with van der Waals surface area (Å²) in [5.41, 5.74) is 9.67. The molecule has 8 nitrogen and oxygen atoms in total. The van der Waals surface area contributed by atoms with Gasteiger partial charge in [-0.05, 0) is 42.7 Å². The van der Waals surface area contributed by atoms with Gasteiger partial charge in [0.25, 0.3) is 5.91 Å². The van der Waals surface area contributed by atoms with E-state index >= 15 is 0 Å². The van der Waals surface area contributed by atoms with Crippen molar-refractivity contribution in [3.05, 3.63) is 46.5 Å². The zero-order valence-electron chi connectivity index (χ0n) is 15.2. The lowest BCUT2D eigenvalue weighted by atomic mass is 10.0. The van der Waals surface area contributed by atoms with Gasteiger partial charge >= 0.3 is 0 Å².